The lowest BCUT2D eigenvalue weighted by Crippen LogP contribution is -2.44. The number of benzene rings is 1. The molecule has 0 aromatic heterocycles. The summed E-state index contributed by atoms with van der Waals surface area (Å²) in [6.07, 6.45) is 2.72. The summed E-state index contributed by atoms with van der Waals surface area (Å²) in [6.45, 7) is 0. The number of rotatable bonds is 2. The van der Waals surface area contributed by atoms with Crippen LogP contribution in [-0.2, 0) is 0 Å². The molecule has 1 atom stereocenters. The molecule has 1 aliphatic carbocycles. The molecule has 0 saturated heterocycles. The molecule has 88 valence electrons. The van der Waals surface area contributed by atoms with Crippen molar-refractivity contribution >= 4 is 24.3 Å². The maximum absolute atomic E-state index is 14.5. The van der Waals surface area contributed by atoms with E-state index in [9.17, 15) is 14.4 Å². The average molecular weight is 252 g/mol. The second-order valence-electron chi connectivity index (χ2n) is 3.95. The Morgan fingerprint density at radius 2 is 1.88 bits per heavy atom. The first-order chi connectivity index (χ1) is 8.04. The molecule has 1 aromatic carbocycles. The first-order valence-corrected chi connectivity index (χ1v) is 5.60. The van der Waals surface area contributed by atoms with Crippen LogP contribution in [0, 0.1) is 0 Å². The zero-order valence-corrected chi connectivity index (χ0v) is 9.73. The standard InChI is InChI=1S/C12H11BClFO2/c14-10-6-7-12(15,13(16)17)11(8-10)9-4-2-1-3-5-9/h1-6,8,16-17H,7H2. The molecule has 0 saturated carbocycles. The lowest BCUT2D eigenvalue weighted by Gasteiger charge is -2.29. The topological polar surface area (TPSA) is 40.5 Å². The quantitative estimate of drug-likeness (QED) is 0.793. The third-order valence-electron chi connectivity index (χ3n) is 2.82. The van der Waals surface area contributed by atoms with E-state index < -0.39 is 12.7 Å². The minimum Gasteiger partial charge on any atom is -0.425 e. The Bertz CT molecular complexity index is 473. The number of allylic oxidation sites excluding steroid dienone is 4. The van der Waals surface area contributed by atoms with Crippen molar-refractivity contribution < 1.29 is 14.4 Å². The van der Waals surface area contributed by atoms with Crippen LogP contribution in [-0.4, -0.2) is 22.7 Å². The second-order valence-corrected chi connectivity index (χ2v) is 4.39. The molecular weight excluding hydrogens is 241 g/mol. The van der Waals surface area contributed by atoms with Crippen molar-refractivity contribution in [1.82, 2.24) is 0 Å². The largest absolute Gasteiger partial charge is 0.496 e. The molecule has 2 nitrogen and oxygen atoms in total. The minimum absolute atomic E-state index is 0.149. The monoisotopic (exact) mass is 252 g/mol. The van der Waals surface area contributed by atoms with Crippen molar-refractivity contribution in [2.45, 2.75) is 12.0 Å². The molecule has 5 heteroatoms. The fourth-order valence-corrected chi connectivity index (χ4v) is 2.04. The smallest absolute Gasteiger partial charge is 0.425 e. The highest BCUT2D eigenvalue weighted by molar-refractivity contribution is 6.49. The van der Waals surface area contributed by atoms with E-state index in [4.69, 9.17) is 11.6 Å². The van der Waals surface area contributed by atoms with Crippen molar-refractivity contribution in [3.8, 4) is 0 Å². The lowest BCUT2D eigenvalue weighted by atomic mass is 9.61. The number of hydrogen-bond acceptors (Lipinski definition) is 2. The van der Waals surface area contributed by atoms with Crippen molar-refractivity contribution in [2.24, 2.45) is 0 Å². The molecule has 1 aliphatic rings. The maximum atomic E-state index is 14.5. The fraction of sp³-hybridized carbons (Fsp3) is 0.167. The third kappa shape index (κ3) is 2.29. The summed E-state index contributed by atoms with van der Waals surface area (Å²) < 4.78 is 14.5. The van der Waals surface area contributed by atoms with Gasteiger partial charge in [-0.1, -0.05) is 48.0 Å². The van der Waals surface area contributed by atoms with Gasteiger partial charge >= 0.3 is 7.12 Å². The molecule has 0 aliphatic heterocycles. The first-order valence-electron chi connectivity index (χ1n) is 5.22. The molecule has 1 unspecified atom stereocenters. The molecule has 0 radical (unpaired) electrons. The Morgan fingerprint density at radius 3 is 2.47 bits per heavy atom. The van der Waals surface area contributed by atoms with Crippen molar-refractivity contribution in [3.05, 3.63) is 53.1 Å². The summed E-state index contributed by atoms with van der Waals surface area (Å²) in [5.41, 5.74) is -1.42. The van der Waals surface area contributed by atoms with Crippen LogP contribution in [0.15, 0.2) is 47.5 Å². The zero-order valence-electron chi connectivity index (χ0n) is 8.98. The van der Waals surface area contributed by atoms with Crippen LogP contribution < -0.4 is 0 Å². The Balaban J connectivity index is 2.50. The fourth-order valence-electron chi connectivity index (χ4n) is 1.86. The van der Waals surface area contributed by atoms with Gasteiger partial charge in [-0.2, -0.15) is 0 Å². The van der Waals surface area contributed by atoms with Gasteiger partial charge in [0, 0.05) is 11.5 Å². The highest BCUT2D eigenvalue weighted by Crippen LogP contribution is 2.40. The number of alkyl halides is 1. The van der Waals surface area contributed by atoms with E-state index in [0.29, 0.717) is 10.6 Å². The third-order valence-corrected chi connectivity index (χ3v) is 3.08. The van der Waals surface area contributed by atoms with Crippen LogP contribution in [0.5, 0.6) is 0 Å². The van der Waals surface area contributed by atoms with E-state index in [1.165, 1.54) is 12.2 Å². The molecule has 0 amide bonds. The lowest BCUT2D eigenvalue weighted by molar-refractivity contribution is 0.253. The zero-order chi connectivity index (χ0) is 12.5. The first kappa shape index (κ1) is 12.4. The van der Waals surface area contributed by atoms with Gasteiger partial charge in [0.1, 0.15) is 0 Å². The summed E-state index contributed by atoms with van der Waals surface area (Å²) in [5, 5.41) is 18.8. The van der Waals surface area contributed by atoms with Crippen LogP contribution in [0.4, 0.5) is 4.39 Å². The van der Waals surface area contributed by atoms with Crippen LogP contribution in [0.1, 0.15) is 12.0 Å². The Kier molecular flexibility index (Phi) is 3.38. The van der Waals surface area contributed by atoms with Gasteiger partial charge in [-0.3, -0.25) is 0 Å². The van der Waals surface area contributed by atoms with Gasteiger partial charge in [0.2, 0.25) is 0 Å². The molecule has 17 heavy (non-hydrogen) atoms. The van der Waals surface area contributed by atoms with Gasteiger partial charge in [-0.15, -0.1) is 0 Å². The Hall–Kier alpha value is -1.10. The molecule has 0 bridgehead atoms. The van der Waals surface area contributed by atoms with E-state index in [-0.39, 0.29) is 12.0 Å². The van der Waals surface area contributed by atoms with E-state index in [0.717, 1.165) is 0 Å². The predicted octanol–water partition coefficient (Wildman–Crippen LogP) is 2.32. The van der Waals surface area contributed by atoms with E-state index in [1.54, 1.807) is 30.3 Å². The molecule has 0 heterocycles. The molecule has 0 spiro atoms. The molecule has 2 N–H and O–H groups in total. The van der Waals surface area contributed by atoms with Crippen LogP contribution in [0.2, 0.25) is 0 Å². The van der Waals surface area contributed by atoms with E-state index in [1.807, 2.05) is 0 Å². The van der Waals surface area contributed by atoms with Gasteiger partial charge < -0.3 is 10.0 Å². The molecule has 2 rings (SSSR count). The highest BCUT2D eigenvalue weighted by atomic mass is 35.5. The second kappa shape index (κ2) is 4.65. The number of halogens is 2. The van der Waals surface area contributed by atoms with Gasteiger partial charge in [0.25, 0.3) is 0 Å². The van der Waals surface area contributed by atoms with Crippen LogP contribution in [0.3, 0.4) is 0 Å². The maximum Gasteiger partial charge on any atom is 0.496 e. The molecular formula is C12H11BClFO2. The van der Waals surface area contributed by atoms with Crippen molar-refractivity contribution in [1.29, 1.82) is 0 Å². The summed E-state index contributed by atoms with van der Waals surface area (Å²) in [7, 11) is -2.07. The van der Waals surface area contributed by atoms with Crippen molar-refractivity contribution in [2.75, 3.05) is 0 Å². The number of hydrogen-bond donors (Lipinski definition) is 2. The van der Waals surface area contributed by atoms with Crippen LogP contribution >= 0.6 is 11.6 Å². The SMILES string of the molecule is OB(O)C1(F)CC=C(Cl)C=C1c1ccccc1. The van der Waals surface area contributed by atoms with Crippen molar-refractivity contribution in [3.63, 3.8) is 0 Å². The minimum atomic E-state index is -2.21. The van der Waals surface area contributed by atoms with E-state index >= 15 is 0 Å². The van der Waals surface area contributed by atoms with Gasteiger partial charge in [-0.05, 0) is 17.2 Å². The summed E-state index contributed by atoms with van der Waals surface area (Å²) in [4.78, 5) is 0. The van der Waals surface area contributed by atoms with Gasteiger partial charge in [0.05, 0.1) is 0 Å². The average Bonchev–Trinajstić information content (AvgIpc) is 2.33. The molecule has 1 aromatic rings. The summed E-state index contributed by atoms with van der Waals surface area (Å²) in [5.74, 6) is 0. The van der Waals surface area contributed by atoms with Crippen LogP contribution in [0.25, 0.3) is 5.57 Å². The summed E-state index contributed by atoms with van der Waals surface area (Å²) in [6, 6.07) is 8.73. The van der Waals surface area contributed by atoms with Gasteiger partial charge in [-0.25, -0.2) is 4.39 Å². The Labute approximate surface area is 104 Å². The highest BCUT2D eigenvalue weighted by Gasteiger charge is 2.47. The summed E-state index contributed by atoms with van der Waals surface area (Å²) >= 11 is 5.85. The normalized spacial score (nSPS) is 24.0. The predicted molar refractivity (Wildman–Crippen MR) is 67.0 cm³/mol. The van der Waals surface area contributed by atoms with Gasteiger partial charge in [0.15, 0.2) is 5.57 Å². The molecule has 0 fully saturated rings. The Morgan fingerprint density at radius 1 is 1.24 bits per heavy atom. The van der Waals surface area contributed by atoms with E-state index in [2.05, 4.69) is 0 Å².